The van der Waals surface area contributed by atoms with Crippen molar-refractivity contribution in [3.8, 4) is 17.2 Å². The maximum absolute atomic E-state index is 11.3. The number of benzene rings is 1. The van der Waals surface area contributed by atoms with E-state index in [0.29, 0.717) is 30.2 Å². The summed E-state index contributed by atoms with van der Waals surface area (Å²) < 4.78 is 15.9. The van der Waals surface area contributed by atoms with Gasteiger partial charge in [0.2, 0.25) is 11.7 Å². The van der Waals surface area contributed by atoms with Crippen molar-refractivity contribution in [3.63, 3.8) is 0 Å². The summed E-state index contributed by atoms with van der Waals surface area (Å²) in [4.78, 5) is 11.3. The van der Waals surface area contributed by atoms with Crippen LogP contribution in [-0.2, 0) is 4.79 Å². The number of carbonyl (C=O) groups excluding carboxylic acids is 1. The van der Waals surface area contributed by atoms with Crippen LogP contribution in [0.4, 0.5) is 0 Å². The van der Waals surface area contributed by atoms with Gasteiger partial charge in [-0.15, -0.1) is 0 Å². The first-order chi connectivity index (χ1) is 8.69. The van der Waals surface area contributed by atoms with E-state index >= 15 is 0 Å². The zero-order valence-electron chi connectivity index (χ0n) is 10.8. The lowest BCUT2D eigenvalue weighted by atomic mass is 9.97. The number of hydrogen-bond acceptors (Lipinski definition) is 4. The van der Waals surface area contributed by atoms with Crippen LogP contribution in [0.2, 0.25) is 0 Å². The summed E-state index contributed by atoms with van der Waals surface area (Å²) in [7, 11) is 4.74. The molecule has 0 aromatic heterocycles. The number of hydrogen-bond donors (Lipinski definition) is 1. The Kier molecular flexibility index (Phi) is 3.60. The lowest BCUT2D eigenvalue weighted by Crippen LogP contribution is -2.13. The van der Waals surface area contributed by atoms with Gasteiger partial charge in [0.15, 0.2) is 11.5 Å². The predicted octanol–water partition coefficient (Wildman–Crippen LogP) is 1.32. The molecule has 1 aromatic carbocycles. The number of amides is 1. The van der Waals surface area contributed by atoms with Gasteiger partial charge in [0.25, 0.3) is 0 Å². The standard InChI is InChI=1S/C13H17NO4/c1-16-10-4-8(9-6-12(15)14-7-9)5-11(17-2)13(10)18-3/h4-5,9H,6-7H2,1-3H3,(H,14,15). The normalized spacial score (nSPS) is 18.4. The van der Waals surface area contributed by atoms with Crippen molar-refractivity contribution in [2.75, 3.05) is 27.9 Å². The van der Waals surface area contributed by atoms with Gasteiger partial charge in [-0.1, -0.05) is 0 Å². The molecule has 18 heavy (non-hydrogen) atoms. The van der Waals surface area contributed by atoms with E-state index in [1.807, 2.05) is 12.1 Å². The molecule has 1 aliphatic rings. The molecule has 0 aliphatic carbocycles. The molecule has 0 spiro atoms. The fourth-order valence-electron chi connectivity index (χ4n) is 2.18. The quantitative estimate of drug-likeness (QED) is 0.876. The van der Waals surface area contributed by atoms with Crippen LogP contribution in [0.5, 0.6) is 17.2 Å². The molecule has 1 aromatic rings. The molecule has 1 heterocycles. The van der Waals surface area contributed by atoms with Crippen LogP contribution in [0.25, 0.3) is 0 Å². The molecule has 5 heteroatoms. The Labute approximate surface area is 106 Å². The van der Waals surface area contributed by atoms with Gasteiger partial charge >= 0.3 is 0 Å². The van der Waals surface area contributed by atoms with E-state index in [9.17, 15) is 4.79 Å². The second kappa shape index (κ2) is 5.16. The van der Waals surface area contributed by atoms with E-state index in [-0.39, 0.29) is 11.8 Å². The number of rotatable bonds is 4. The number of carbonyl (C=O) groups is 1. The zero-order chi connectivity index (χ0) is 13.1. The van der Waals surface area contributed by atoms with Crippen LogP contribution in [0.3, 0.4) is 0 Å². The van der Waals surface area contributed by atoms with Gasteiger partial charge in [0, 0.05) is 18.9 Å². The van der Waals surface area contributed by atoms with E-state index in [1.54, 1.807) is 21.3 Å². The summed E-state index contributed by atoms with van der Waals surface area (Å²) in [5, 5.41) is 2.82. The smallest absolute Gasteiger partial charge is 0.220 e. The maximum atomic E-state index is 11.3. The number of ether oxygens (including phenoxy) is 3. The first kappa shape index (κ1) is 12.5. The monoisotopic (exact) mass is 251 g/mol. The van der Waals surface area contributed by atoms with Gasteiger partial charge in [-0.25, -0.2) is 0 Å². The van der Waals surface area contributed by atoms with Gasteiger partial charge in [-0.3, -0.25) is 4.79 Å². The average Bonchev–Trinajstić information content (AvgIpc) is 2.83. The van der Waals surface area contributed by atoms with Crippen LogP contribution >= 0.6 is 0 Å². The highest BCUT2D eigenvalue weighted by molar-refractivity contribution is 5.79. The Morgan fingerprint density at radius 2 is 1.72 bits per heavy atom. The maximum Gasteiger partial charge on any atom is 0.220 e. The van der Waals surface area contributed by atoms with E-state index in [4.69, 9.17) is 14.2 Å². The fraction of sp³-hybridized carbons (Fsp3) is 0.462. The van der Waals surface area contributed by atoms with Gasteiger partial charge in [0.1, 0.15) is 0 Å². The van der Waals surface area contributed by atoms with Crippen molar-refractivity contribution in [1.29, 1.82) is 0 Å². The third kappa shape index (κ3) is 2.20. The van der Waals surface area contributed by atoms with Crippen LogP contribution < -0.4 is 19.5 Å². The molecular weight excluding hydrogens is 234 g/mol. The minimum atomic E-state index is 0.0775. The van der Waals surface area contributed by atoms with Crippen molar-refractivity contribution in [1.82, 2.24) is 5.32 Å². The Balaban J connectivity index is 2.40. The molecule has 1 saturated heterocycles. The Morgan fingerprint density at radius 3 is 2.11 bits per heavy atom. The SMILES string of the molecule is COc1cc(C2CNC(=O)C2)cc(OC)c1OC. The molecule has 1 aliphatic heterocycles. The van der Waals surface area contributed by atoms with Crippen LogP contribution in [0, 0.1) is 0 Å². The highest BCUT2D eigenvalue weighted by atomic mass is 16.5. The van der Waals surface area contributed by atoms with Gasteiger partial charge < -0.3 is 19.5 Å². The van der Waals surface area contributed by atoms with Gasteiger partial charge in [0.05, 0.1) is 21.3 Å². The van der Waals surface area contributed by atoms with Gasteiger partial charge in [-0.05, 0) is 17.7 Å². The van der Waals surface area contributed by atoms with Crippen LogP contribution in [0.15, 0.2) is 12.1 Å². The molecule has 1 atom stereocenters. The van der Waals surface area contributed by atoms with Crippen molar-refractivity contribution < 1.29 is 19.0 Å². The Bertz CT molecular complexity index is 433. The van der Waals surface area contributed by atoms with E-state index in [1.165, 1.54) is 0 Å². The molecular formula is C13H17NO4. The Hall–Kier alpha value is -1.91. The van der Waals surface area contributed by atoms with E-state index in [0.717, 1.165) is 5.56 Å². The van der Waals surface area contributed by atoms with Crippen molar-refractivity contribution in [2.45, 2.75) is 12.3 Å². The highest BCUT2D eigenvalue weighted by Crippen LogP contribution is 2.40. The minimum absolute atomic E-state index is 0.0775. The first-order valence-electron chi connectivity index (χ1n) is 5.76. The molecule has 0 saturated carbocycles. The second-order valence-electron chi connectivity index (χ2n) is 4.16. The second-order valence-corrected chi connectivity index (χ2v) is 4.16. The summed E-state index contributed by atoms with van der Waals surface area (Å²) in [5.41, 5.74) is 1.02. The average molecular weight is 251 g/mol. The summed E-state index contributed by atoms with van der Waals surface area (Å²) in [6, 6.07) is 3.79. The first-order valence-corrected chi connectivity index (χ1v) is 5.76. The number of methoxy groups -OCH3 is 3. The third-order valence-electron chi connectivity index (χ3n) is 3.14. The molecule has 0 bridgehead atoms. The zero-order valence-corrected chi connectivity index (χ0v) is 10.8. The summed E-state index contributed by atoms with van der Waals surface area (Å²) in [6.07, 6.45) is 0.499. The Morgan fingerprint density at radius 1 is 1.11 bits per heavy atom. The predicted molar refractivity (Wildman–Crippen MR) is 66.5 cm³/mol. The van der Waals surface area contributed by atoms with E-state index in [2.05, 4.69) is 5.32 Å². The van der Waals surface area contributed by atoms with Crippen molar-refractivity contribution in [3.05, 3.63) is 17.7 Å². The van der Waals surface area contributed by atoms with Crippen LogP contribution in [0.1, 0.15) is 17.9 Å². The largest absolute Gasteiger partial charge is 0.493 e. The summed E-state index contributed by atoms with van der Waals surface area (Å²) in [5.74, 6) is 2.04. The minimum Gasteiger partial charge on any atom is -0.493 e. The van der Waals surface area contributed by atoms with Crippen molar-refractivity contribution in [2.24, 2.45) is 0 Å². The highest BCUT2D eigenvalue weighted by Gasteiger charge is 2.25. The topological polar surface area (TPSA) is 56.8 Å². The number of nitrogens with one attached hydrogen (secondary N) is 1. The summed E-state index contributed by atoms with van der Waals surface area (Å²) >= 11 is 0. The fourth-order valence-corrected chi connectivity index (χ4v) is 2.18. The molecule has 98 valence electrons. The lowest BCUT2D eigenvalue weighted by Gasteiger charge is -2.16. The molecule has 1 unspecified atom stereocenters. The van der Waals surface area contributed by atoms with Crippen molar-refractivity contribution >= 4 is 5.91 Å². The van der Waals surface area contributed by atoms with Gasteiger partial charge in [-0.2, -0.15) is 0 Å². The lowest BCUT2D eigenvalue weighted by molar-refractivity contribution is -0.119. The van der Waals surface area contributed by atoms with Crippen LogP contribution in [-0.4, -0.2) is 33.8 Å². The molecule has 1 amide bonds. The molecule has 0 radical (unpaired) electrons. The molecule has 1 N–H and O–H groups in total. The third-order valence-corrected chi connectivity index (χ3v) is 3.14. The van der Waals surface area contributed by atoms with E-state index < -0.39 is 0 Å². The molecule has 2 rings (SSSR count). The molecule has 1 fully saturated rings. The molecule has 5 nitrogen and oxygen atoms in total. The summed E-state index contributed by atoms with van der Waals surface area (Å²) in [6.45, 7) is 0.650.